The number of Topliss-reactive ketones (excluding diaryl/α,β-unsaturated/α-hetero) is 6. The van der Waals surface area contributed by atoms with E-state index in [4.69, 9.17) is 0 Å². The minimum absolute atomic E-state index is 0.00883. The molecule has 0 saturated carbocycles. The molecule has 0 bridgehead atoms. The lowest BCUT2D eigenvalue weighted by atomic mass is 9.71. The van der Waals surface area contributed by atoms with Crippen molar-refractivity contribution in [2.24, 2.45) is 0 Å². The summed E-state index contributed by atoms with van der Waals surface area (Å²) in [5, 5.41) is 65.0. The number of aliphatic hydroxyl groups excluding tert-OH is 3. The van der Waals surface area contributed by atoms with Crippen LogP contribution < -0.4 is 0 Å². The van der Waals surface area contributed by atoms with Gasteiger partial charge in [0.2, 0.25) is 5.60 Å². The van der Waals surface area contributed by atoms with Gasteiger partial charge < -0.3 is 30.6 Å². The summed E-state index contributed by atoms with van der Waals surface area (Å²) in [6.07, 6.45) is 21.5. The highest BCUT2D eigenvalue weighted by Crippen LogP contribution is 2.32. The van der Waals surface area contributed by atoms with Gasteiger partial charge in [-0.3, -0.25) is 28.8 Å². The summed E-state index contributed by atoms with van der Waals surface area (Å²) >= 11 is 0. The second-order valence-corrected chi connectivity index (χ2v) is 19.0. The van der Waals surface area contributed by atoms with Gasteiger partial charge in [-0.2, -0.15) is 0 Å². The summed E-state index contributed by atoms with van der Waals surface area (Å²) in [6, 6.07) is 0. The van der Waals surface area contributed by atoms with Crippen LogP contribution in [0.25, 0.3) is 0 Å². The van der Waals surface area contributed by atoms with E-state index in [1.165, 1.54) is 0 Å². The van der Waals surface area contributed by atoms with E-state index in [0.717, 1.165) is 154 Å². The Balaban J connectivity index is 0. The number of unbranched alkanes of at least 4 members (excludes halogenated alkanes) is 24. The fraction of sp³-hybridized carbons (Fsp3) is 0.889. The van der Waals surface area contributed by atoms with Crippen LogP contribution in [-0.4, -0.2) is 101 Å². The number of aliphatic hydroxyl groups is 6. The Labute approximate surface area is 401 Å². The minimum atomic E-state index is -2.89. The highest BCUT2D eigenvalue weighted by Gasteiger charge is 2.62. The standard InChI is InChI=1S/2C27H50O6/c1-4-7-10-13-16-19-23(29)26(32,22-28)27(33,24(30)20-17-14-11-8-5-2)25(31)21-18-15-12-9-6-3;1-4-7-10-13-16-19-22(28)25(31)27(33,24(30)21-18-15-12-9-6-3)26(32)23(29)20-17-14-11-8-5-2/h28,32-33H,4-22H2,1-3H3;25-26,31-33H,4-21H2,1-3H3. The van der Waals surface area contributed by atoms with Crippen molar-refractivity contribution in [2.75, 3.05) is 6.61 Å². The van der Waals surface area contributed by atoms with Gasteiger partial charge in [-0.05, 0) is 38.5 Å². The zero-order valence-electron chi connectivity index (χ0n) is 43.0. The molecule has 0 aliphatic heterocycles. The van der Waals surface area contributed by atoms with Crippen LogP contribution in [0.15, 0.2) is 0 Å². The molecule has 0 heterocycles. The Morgan fingerprint density at radius 1 is 0.333 bits per heavy atom. The van der Waals surface area contributed by atoms with Gasteiger partial charge in [0.05, 0.1) is 6.61 Å². The fourth-order valence-corrected chi connectivity index (χ4v) is 8.37. The molecule has 6 N–H and O–H groups in total. The highest BCUT2D eigenvalue weighted by atomic mass is 16.4. The van der Waals surface area contributed by atoms with Crippen molar-refractivity contribution in [3.8, 4) is 0 Å². The van der Waals surface area contributed by atoms with E-state index in [9.17, 15) is 59.4 Å². The highest BCUT2D eigenvalue weighted by molar-refractivity contribution is 6.16. The Kier molecular flexibility index (Phi) is 40.6. The second-order valence-electron chi connectivity index (χ2n) is 19.0. The lowest BCUT2D eigenvalue weighted by Crippen LogP contribution is -2.69. The number of hydrogen-bond donors (Lipinski definition) is 6. The van der Waals surface area contributed by atoms with Crippen molar-refractivity contribution in [2.45, 2.75) is 302 Å². The van der Waals surface area contributed by atoms with Gasteiger partial charge in [0.15, 0.2) is 58.1 Å². The molecule has 0 aromatic carbocycles. The summed E-state index contributed by atoms with van der Waals surface area (Å²) in [5.41, 5.74) is -8.46. The van der Waals surface area contributed by atoms with E-state index < -0.39 is 70.3 Å². The molecule has 3 unspecified atom stereocenters. The molecule has 0 aromatic heterocycles. The largest absolute Gasteiger partial charge is 0.393 e. The van der Waals surface area contributed by atoms with E-state index in [1.807, 2.05) is 0 Å². The summed E-state index contributed by atoms with van der Waals surface area (Å²) < 4.78 is 0. The van der Waals surface area contributed by atoms with E-state index in [0.29, 0.717) is 38.5 Å². The monoisotopic (exact) mass is 941 g/mol. The molecular formula is C54H100O12. The van der Waals surface area contributed by atoms with Crippen LogP contribution in [-0.2, 0) is 28.8 Å². The third-order valence-corrected chi connectivity index (χ3v) is 13.1. The van der Waals surface area contributed by atoms with E-state index in [-0.39, 0.29) is 38.5 Å². The molecule has 0 aliphatic rings. The van der Waals surface area contributed by atoms with Crippen molar-refractivity contribution >= 4 is 34.7 Å². The molecule has 0 radical (unpaired) electrons. The first-order valence-corrected chi connectivity index (χ1v) is 26.9. The maximum Gasteiger partial charge on any atom is 0.219 e. The molecule has 0 fully saturated rings. The van der Waals surface area contributed by atoms with Gasteiger partial charge >= 0.3 is 0 Å². The SMILES string of the molecule is CCCCCCCC(=O)C(O)(CO)C(O)(C(=O)CCCCCCC)C(=O)CCCCCCC.CCCCCCCC(=O)C(O)C(O)(C(=O)CCCCCCC)C(O)C(=O)CCCCCCC. The summed E-state index contributed by atoms with van der Waals surface area (Å²) in [6.45, 7) is 11.4. The van der Waals surface area contributed by atoms with Gasteiger partial charge in [0.1, 0.15) is 0 Å². The van der Waals surface area contributed by atoms with Crippen LogP contribution in [0.3, 0.4) is 0 Å². The molecule has 66 heavy (non-hydrogen) atoms. The summed E-state index contributed by atoms with van der Waals surface area (Å²) in [4.78, 5) is 77.3. The number of hydrogen-bond acceptors (Lipinski definition) is 12. The molecule has 0 rings (SSSR count). The van der Waals surface area contributed by atoms with Gasteiger partial charge in [-0.1, -0.05) is 196 Å². The Hall–Kier alpha value is -2.22. The van der Waals surface area contributed by atoms with Gasteiger partial charge in [-0.15, -0.1) is 0 Å². The van der Waals surface area contributed by atoms with Gasteiger partial charge in [0, 0.05) is 38.5 Å². The lowest BCUT2D eigenvalue weighted by molar-refractivity contribution is -0.194. The van der Waals surface area contributed by atoms with Crippen molar-refractivity contribution in [1.29, 1.82) is 0 Å². The molecule has 388 valence electrons. The van der Waals surface area contributed by atoms with Crippen LogP contribution in [0.1, 0.15) is 273 Å². The molecule has 3 atom stereocenters. The molecule has 0 spiro atoms. The normalized spacial score (nSPS) is 14.4. The molecule has 0 aliphatic carbocycles. The number of carbonyl (C=O) groups excluding carboxylic acids is 6. The number of rotatable bonds is 46. The van der Waals surface area contributed by atoms with Crippen LogP contribution in [0.4, 0.5) is 0 Å². The maximum atomic E-state index is 13.1. The average molecular weight is 941 g/mol. The van der Waals surface area contributed by atoms with Gasteiger partial charge in [0.25, 0.3) is 0 Å². The van der Waals surface area contributed by atoms with Crippen LogP contribution in [0.2, 0.25) is 0 Å². The Morgan fingerprint density at radius 2 is 0.561 bits per heavy atom. The van der Waals surface area contributed by atoms with Crippen molar-refractivity contribution in [3.63, 3.8) is 0 Å². The van der Waals surface area contributed by atoms with Crippen LogP contribution >= 0.6 is 0 Å². The molecule has 0 aromatic rings. The number of ketones is 6. The zero-order valence-corrected chi connectivity index (χ0v) is 43.0. The van der Waals surface area contributed by atoms with E-state index in [1.54, 1.807) is 0 Å². The quantitative estimate of drug-likeness (QED) is 0.0248. The van der Waals surface area contributed by atoms with Crippen molar-refractivity contribution < 1.29 is 59.4 Å². The number of carbonyl (C=O) groups is 6. The average Bonchev–Trinajstić information content (AvgIpc) is 3.31. The first kappa shape index (κ1) is 65.9. The topological polar surface area (TPSA) is 224 Å². The maximum absolute atomic E-state index is 13.1. The Morgan fingerprint density at radius 3 is 0.818 bits per heavy atom. The van der Waals surface area contributed by atoms with Gasteiger partial charge in [-0.25, -0.2) is 0 Å². The fourth-order valence-electron chi connectivity index (χ4n) is 8.37. The molecule has 12 nitrogen and oxygen atoms in total. The second kappa shape index (κ2) is 40.6. The van der Waals surface area contributed by atoms with E-state index >= 15 is 0 Å². The Bertz CT molecular complexity index is 1210. The molecular weight excluding hydrogens is 841 g/mol. The molecule has 12 heteroatoms. The molecule has 0 saturated heterocycles. The predicted molar refractivity (Wildman–Crippen MR) is 264 cm³/mol. The summed E-state index contributed by atoms with van der Waals surface area (Å²) in [7, 11) is 0. The third-order valence-electron chi connectivity index (χ3n) is 13.1. The van der Waals surface area contributed by atoms with Crippen LogP contribution in [0.5, 0.6) is 0 Å². The van der Waals surface area contributed by atoms with Crippen molar-refractivity contribution in [1.82, 2.24) is 0 Å². The third kappa shape index (κ3) is 24.9. The zero-order chi connectivity index (χ0) is 50.3. The summed E-state index contributed by atoms with van der Waals surface area (Å²) in [5.74, 6) is -4.74. The molecule has 0 amide bonds. The first-order valence-electron chi connectivity index (χ1n) is 26.9. The lowest BCUT2D eigenvalue weighted by Gasteiger charge is -2.39. The van der Waals surface area contributed by atoms with Crippen molar-refractivity contribution in [3.05, 3.63) is 0 Å². The van der Waals surface area contributed by atoms with Crippen LogP contribution in [0, 0.1) is 0 Å². The first-order chi connectivity index (χ1) is 31.5. The predicted octanol–water partition coefficient (Wildman–Crippen LogP) is 10.5. The van der Waals surface area contributed by atoms with E-state index in [2.05, 4.69) is 41.5 Å². The minimum Gasteiger partial charge on any atom is -0.393 e. The smallest absolute Gasteiger partial charge is 0.219 e.